The first kappa shape index (κ1) is 18.2. The van der Waals surface area contributed by atoms with Gasteiger partial charge >= 0.3 is 12.1 Å². The van der Waals surface area contributed by atoms with Crippen molar-refractivity contribution >= 4 is 17.9 Å². The van der Waals surface area contributed by atoms with Gasteiger partial charge < -0.3 is 9.52 Å². The van der Waals surface area contributed by atoms with E-state index in [0.717, 1.165) is 12.1 Å². The Balaban J connectivity index is 1.69. The van der Waals surface area contributed by atoms with E-state index in [0.29, 0.717) is 17.0 Å². The van der Waals surface area contributed by atoms with Gasteiger partial charge in [-0.05, 0) is 48.5 Å². The molecule has 1 aromatic heterocycles. The molecule has 0 bridgehead atoms. The van der Waals surface area contributed by atoms with Crippen molar-refractivity contribution in [3.63, 3.8) is 0 Å². The Labute approximate surface area is 151 Å². The quantitative estimate of drug-likeness (QED) is 0.481. The van der Waals surface area contributed by atoms with Crippen LogP contribution in [0.3, 0.4) is 0 Å². The number of halogens is 3. The van der Waals surface area contributed by atoms with Crippen LogP contribution in [-0.4, -0.2) is 17.3 Å². The Hall–Kier alpha value is -3.55. The average Bonchev–Trinajstić information content (AvgIpc) is 3.10. The van der Waals surface area contributed by atoms with E-state index in [-0.39, 0.29) is 11.3 Å². The zero-order chi connectivity index (χ0) is 19.4. The van der Waals surface area contributed by atoms with Crippen molar-refractivity contribution in [1.29, 1.82) is 0 Å². The third-order valence-corrected chi connectivity index (χ3v) is 3.62. The molecule has 1 heterocycles. The Bertz CT molecular complexity index is 976. The minimum Gasteiger partial charge on any atom is -0.478 e. The van der Waals surface area contributed by atoms with Crippen molar-refractivity contribution in [3.8, 4) is 11.3 Å². The number of carboxylic acids is 1. The van der Waals surface area contributed by atoms with E-state index < -0.39 is 17.7 Å². The van der Waals surface area contributed by atoms with Gasteiger partial charge in [-0.3, -0.25) is 5.43 Å². The van der Waals surface area contributed by atoms with Crippen molar-refractivity contribution in [2.24, 2.45) is 5.10 Å². The SMILES string of the molecule is O=C(O)c1ccc(NN=Cc2ccc(-c3cccc(C(F)(F)F)c3)o2)cc1. The van der Waals surface area contributed by atoms with Crippen molar-refractivity contribution < 1.29 is 27.5 Å². The molecule has 0 amide bonds. The molecule has 2 aromatic carbocycles. The molecule has 138 valence electrons. The molecular weight excluding hydrogens is 361 g/mol. The van der Waals surface area contributed by atoms with E-state index in [9.17, 15) is 18.0 Å². The molecule has 0 atom stereocenters. The van der Waals surface area contributed by atoms with E-state index in [1.165, 1.54) is 30.5 Å². The fourth-order valence-electron chi connectivity index (χ4n) is 2.28. The van der Waals surface area contributed by atoms with E-state index in [1.54, 1.807) is 24.3 Å². The maximum absolute atomic E-state index is 12.8. The van der Waals surface area contributed by atoms with Gasteiger partial charge in [0, 0.05) is 5.56 Å². The average molecular weight is 374 g/mol. The fourth-order valence-corrected chi connectivity index (χ4v) is 2.28. The highest BCUT2D eigenvalue weighted by molar-refractivity contribution is 5.88. The Kier molecular flexibility index (Phi) is 4.98. The van der Waals surface area contributed by atoms with Gasteiger partial charge in [0.25, 0.3) is 0 Å². The minimum absolute atomic E-state index is 0.154. The fraction of sp³-hybridized carbons (Fsp3) is 0.0526. The highest BCUT2D eigenvalue weighted by atomic mass is 19.4. The summed E-state index contributed by atoms with van der Waals surface area (Å²) in [6.45, 7) is 0. The molecule has 0 saturated heterocycles. The van der Waals surface area contributed by atoms with Crippen LogP contribution in [0.15, 0.2) is 70.2 Å². The van der Waals surface area contributed by atoms with Crippen LogP contribution >= 0.6 is 0 Å². The maximum Gasteiger partial charge on any atom is 0.416 e. The number of nitrogens with one attached hydrogen (secondary N) is 1. The van der Waals surface area contributed by atoms with Gasteiger partial charge in [0.2, 0.25) is 0 Å². The zero-order valence-corrected chi connectivity index (χ0v) is 13.7. The molecule has 0 aliphatic heterocycles. The van der Waals surface area contributed by atoms with Crippen LogP contribution in [0.2, 0.25) is 0 Å². The molecule has 0 aliphatic carbocycles. The number of carboxylic acid groups (broad SMARTS) is 1. The van der Waals surface area contributed by atoms with Crippen molar-refractivity contribution in [2.45, 2.75) is 6.18 Å². The summed E-state index contributed by atoms with van der Waals surface area (Å²) >= 11 is 0. The molecule has 3 rings (SSSR count). The van der Waals surface area contributed by atoms with Gasteiger partial charge in [-0.15, -0.1) is 0 Å². The second kappa shape index (κ2) is 7.36. The monoisotopic (exact) mass is 374 g/mol. The second-order valence-corrected chi connectivity index (χ2v) is 5.53. The highest BCUT2D eigenvalue weighted by Gasteiger charge is 2.30. The largest absolute Gasteiger partial charge is 0.478 e. The van der Waals surface area contributed by atoms with Gasteiger partial charge in [0.05, 0.1) is 23.0 Å². The van der Waals surface area contributed by atoms with Gasteiger partial charge in [0.1, 0.15) is 11.5 Å². The summed E-state index contributed by atoms with van der Waals surface area (Å²) in [5.74, 6) is -0.395. The molecule has 5 nitrogen and oxygen atoms in total. The van der Waals surface area contributed by atoms with Crippen LogP contribution in [0.25, 0.3) is 11.3 Å². The molecule has 2 N–H and O–H groups in total. The normalized spacial score (nSPS) is 11.7. The first-order valence-corrected chi connectivity index (χ1v) is 7.73. The van der Waals surface area contributed by atoms with E-state index in [1.807, 2.05) is 0 Å². The number of anilines is 1. The lowest BCUT2D eigenvalue weighted by atomic mass is 10.1. The lowest BCUT2D eigenvalue weighted by Gasteiger charge is -2.07. The number of nitrogens with zero attached hydrogens (tertiary/aromatic N) is 1. The summed E-state index contributed by atoms with van der Waals surface area (Å²) in [5.41, 5.74) is 2.98. The molecule has 3 aromatic rings. The number of rotatable bonds is 5. The van der Waals surface area contributed by atoms with Gasteiger partial charge in [0.15, 0.2) is 0 Å². The number of hydrogen-bond acceptors (Lipinski definition) is 4. The summed E-state index contributed by atoms with van der Waals surface area (Å²) in [7, 11) is 0. The van der Waals surface area contributed by atoms with Crippen LogP contribution in [0.4, 0.5) is 18.9 Å². The summed E-state index contributed by atoms with van der Waals surface area (Å²) in [6, 6.07) is 13.9. The molecule has 0 unspecified atom stereocenters. The molecule has 8 heteroatoms. The molecule has 0 spiro atoms. The number of alkyl halides is 3. The van der Waals surface area contributed by atoms with Crippen LogP contribution < -0.4 is 5.43 Å². The summed E-state index contributed by atoms with van der Waals surface area (Å²) < 4.78 is 43.9. The van der Waals surface area contributed by atoms with E-state index in [4.69, 9.17) is 9.52 Å². The van der Waals surface area contributed by atoms with Crippen LogP contribution in [-0.2, 0) is 6.18 Å². The maximum atomic E-state index is 12.8. The Morgan fingerprint density at radius 3 is 2.48 bits per heavy atom. The number of carbonyl (C=O) groups is 1. The third-order valence-electron chi connectivity index (χ3n) is 3.62. The number of benzene rings is 2. The van der Waals surface area contributed by atoms with Crippen molar-refractivity contribution in [3.05, 3.63) is 77.6 Å². The van der Waals surface area contributed by atoms with Gasteiger partial charge in [-0.2, -0.15) is 18.3 Å². The van der Waals surface area contributed by atoms with Crippen LogP contribution in [0.1, 0.15) is 21.7 Å². The second-order valence-electron chi connectivity index (χ2n) is 5.53. The zero-order valence-electron chi connectivity index (χ0n) is 13.7. The predicted octanol–water partition coefficient (Wildman–Crippen LogP) is 5.11. The molecule has 0 aliphatic rings. The first-order valence-electron chi connectivity index (χ1n) is 7.73. The van der Waals surface area contributed by atoms with Crippen LogP contribution in [0.5, 0.6) is 0 Å². The number of aromatic carboxylic acids is 1. The molecule has 0 radical (unpaired) electrons. The molecule has 0 saturated carbocycles. The lowest BCUT2D eigenvalue weighted by Crippen LogP contribution is -2.04. The molecule has 0 fully saturated rings. The Morgan fingerprint density at radius 2 is 1.81 bits per heavy atom. The lowest BCUT2D eigenvalue weighted by molar-refractivity contribution is -0.137. The van der Waals surface area contributed by atoms with Crippen molar-refractivity contribution in [2.75, 3.05) is 5.43 Å². The topological polar surface area (TPSA) is 74.8 Å². The summed E-state index contributed by atoms with van der Waals surface area (Å²) in [6.07, 6.45) is -3.06. The Morgan fingerprint density at radius 1 is 1.07 bits per heavy atom. The van der Waals surface area contributed by atoms with Gasteiger partial charge in [-0.1, -0.05) is 12.1 Å². The predicted molar refractivity (Wildman–Crippen MR) is 93.8 cm³/mol. The first-order chi connectivity index (χ1) is 12.8. The number of hydrogen-bond donors (Lipinski definition) is 2. The standard InChI is InChI=1S/C19H13F3N2O3/c20-19(21,22)14-3-1-2-13(10-14)17-9-8-16(27-17)11-23-24-15-6-4-12(5-7-15)18(25)26/h1-11,24H,(H,25,26). The van der Waals surface area contributed by atoms with Crippen LogP contribution in [0, 0.1) is 0 Å². The summed E-state index contributed by atoms with van der Waals surface area (Å²) in [4.78, 5) is 10.8. The number of furan rings is 1. The van der Waals surface area contributed by atoms with Crippen molar-refractivity contribution in [1.82, 2.24) is 0 Å². The molecule has 27 heavy (non-hydrogen) atoms. The summed E-state index contributed by atoms with van der Waals surface area (Å²) in [5, 5.41) is 12.8. The highest BCUT2D eigenvalue weighted by Crippen LogP contribution is 2.32. The third kappa shape index (κ3) is 4.55. The smallest absolute Gasteiger partial charge is 0.416 e. The number of hydrazone groups is 1. The van der Waals surface area contributed by atoms with E-state index in [2.05, 4.69) is 10.5 Å². The molecular formula is C19H13F3N2O3. The minimum atomic E-state index is -4.42. The van der Waals surface area contributed by atoms with E-state index >= 15 is 0 Å². The van der Waals surface area contributed by atoms with Gasteiger partial charge in [-0.25, -0.2) is 4.79 Å².